The van der Waals surface area contributed by atoms with E-state index < -0.39 is 11.5 Å². The van der Waals surface area contributed by atoms with Crippen LogP contribution in [0.25, 0.3) is 0 Å². The van der Waals surface area contributed by atoms with Gasteiger partial charge in [-0.15, -0.1) is 0 Å². The Hall–Kier alpha value is -1.71. The fraction of sp³-hybridized carbons (Fsp3) is 0.462. The monoisotopic (exact) mass is 234 g/mol. The minimum absolute atomic E-state index is 0.626. The SMILES string of the molecule is COc1ccc(NC2(C(=O)[O-])CCCC2)cc1. The maximum atomic E-state index is 11.3. The second kappa shape index (κ2) is 4.65. The number of carboxylic acids is 1. The summed E-state index contributed by atoms with van der Waals surface area (Å²) < 4.78 is 5.06. The fourth-order valence-corrected chi connectivity index (χ4v) is 2.31. The van der Waals surface area contributed by atoms with Crippen LogP contribution >= 0.6 is 0 Å². The summed E-state index contributed by atoms with van der Waals surface area (Å²) in [5, 5.41) is 14.3. The highest BCUT2D eigenvalue weighted by Crippen LogP contribution is 2.33. The Labute approximate surface area is 101 Å². The van der Waals surface area contributed by atoms with Crippen molar-refractivity contribution in [1.29, 1.82) is 0 Å². The van der Waals surface area contributed by atoms with Crippen LogP contribution in [-0.2, 0) is 4.79 Å². The number of ether oxygens (including phenoxy) is 1. The highest BCUT2D eigenvalue weighted by molar-refractivity contribution is 5.81. The van der Waals surface area contributed by atoms with Gasteiger partial charge in [-0.05, 0) is 37.1 Å². The van der Waals surface area contributed by atoms with Gasteiger partial charge in [0.25, 0.3) is 0 Å². The summed E-state index contributed by atoms with van der Waals surface area (Å²) in [7, 11) is 1.60. The van der Waals surface area contributed by atoms with Crippen LogP contribution < -0.4 is 15.2 Å². The Morgan fingerprint density at radius 1 is 1.29 bits per heavy atom. The second-order valence-electron chi connectivity index (χ2n) is 4.43. The van der Waals surface area contributed by atoms with Crippen molar-refractivity contribution in [2.45, 2.75) is 31.2 Å². The maximum absolute atomic E-state index is 11.3. The summed E-state index contributed by atoms with van der Waals surface area (Å²) >= 11 is 0. The van der Waals surface area contributed by atoms with Gasteiger partial charge in [-0.2, -0.15) is 0 Å². The van der Waals surface area contributed by atoms with Crippen LogP contribution in [0.15, 0.2) is 24.3 Å². The van der Waals surface area contributed by atoms with E-state index in [0.29, 0.717) is 12.8 Å². The number of hydrogen-bond acceptors (Lipinski definition) is 4. The van der Waals surface area contributed by atoms with Crippen LogP contribution in [0.1, 0.15) is 25.7 Å². The van der Waals surface area contributed by atoms with Gasteiger partial charge in [0.15, 0.2) is 0 Å². The lowest BCUT2D eigenvalue weighted by atomic mass is 9.97. The number of rotatable bonds is 4. The van der Waals surface area contributed by atoms with E-state index in [9.17, 15) is 9.90 Å². The molecular weight excluding hydrogens is 218 g/mol. The van der Waals surface area contributed by atoms with E-state index in [4.69, 9.17) is 4.74 Å². The molecule has 0 bridgehead atoms. The summed E-state index contributed by atoms with van der Waals surface area (Å²) in [6, 6.07) is 7.25. The number of anilines is 1. The quantitative estimate of drug-likeness (QED) is 0.849. The van der Waals surface area contributed by atoms with Crippen LogP contribution in [0.4, 0.5) is 5.69 Å². The first kappa shape index (κ1) is 11.8. The first-order chi connectivity index (χ1) is 8.16. The zero-order valence-corrected chi connectivity index (χ0v) is 9.86. The molecule has 2 rings (SSSR count). The summed E-state index contributed by atoms with van der Waals surface area (Å²) in [6.45, 7) is 0. The van der Waals surface area contributed by atoms with Crippen molar-refractivity contribution < 1.29 is 14.6 Å². The molecule has 1 N–H and O–H groups in total. The van der Waals surface area contributed by atoms with Crippen molar-refractivity contribution in [2.75, 3.05) is 12.4 Å². The number of carbonyl (C=O) groups excluding carboxylic acids is 1. The molecule has 0 heterocycles. The minimum Gasteiger partial charge on any atom is -0.548 e. The first-order valence-electron chi connectivity index (χ1n) is 5.80. The molecule has 4 nitrogen and oxygen atoms in total. The van der Waals surface area contributed by atoms with Crippen molar-refractivity contribution in [3.05, 3.63) is 24.3 Å². The van der Waals surface area contributed by atoms with Gasteiger partial charge in [0, 0.05) is 5.69 Å². The molecule has 1 saturated carbocycles. The molecule has 0 unspecified atom stereocenters. The molecule has 92 valence electrons. The van der Waals surface area contributed by atoms with E-state index in [1.165, 1.54) is 0 Å². The third kappa shape index (κ3) is 2.35. The van der Waals surface area contributed by atoms with Gasteiger partial charge >= 0.3 is 0 Å². The Balaban J connectivity index is 2.15. The summed E-state index contributed by atoms with van der Waals surface area (Å²) in [6.07, 6.45) is 3.11. The number of methoxy groups -OCH3 is 1. The van der Waals surface area contributed by atoms with Crippen LogP contribution in [-0.4, -0.2) is 18.6 Å². The molecule has 0 aliphatic heterocycles. The highest BCUT2D eigenvalue weighted by atomic mass is 16.5. The maximum Gasteiger partial charge on any atom is 0.119 e. The van der Waals surface area contributed by atoms with Crippen molar-refractivity contribution in [3.63, 3.8) is 0 Å². The number of hydrogen-bond donors (Lipinski definition) is 1. The van der Waals surface area contributed by atoms with Crippen molar-refractivity contribution in [2.24, 2.45) is 0 Å². The Morgan fingerprint density at radius 2 is 1.88 bits per heavy atom. The number of aliphatic carboxylic acids is 1. The largest absolute Gasteiger partial charge is 0.548 e. The molecule has 0 saturated heterocycles. The molecule has 1 aliphatic carbocycles. The lowest BCUT2D eigenvalue weighted by Gasteiger charge is -2.32. The standard InChI is InChI=1S/C13H17NO3/c1-17-11-6-4-10(5-7-11)14-13(12(15)16)8-2-3-9-13/h4-7,14H,2-3,8-9H2,1H3,(H,15,16)/p-1. The van der Waals surface area contributed by atoms with Crippen LogP contribution in [0, 0.1) is 0 Å². The molecule has 0 atom stereocenters. The molecular formula is C13H16NO3-. The first-order valence-corrected chi connectivity index (χ1v) is 5.80. The van der Waals surface area contributed by atoms with Crippen molar-refractivity contribution in [3.8, 4) is 5.75 Å². The zero-order chi connectivity index (χ0) is 12.3. The van der Waals surface area contributed by atoms with Gasteiger partial charge < -0.3 is 20.0 Å². The van der Waals surface area contributed by atoms with Crippen molar-refractivity contribution >= 4 is 11.7 Å². The predicted molar refractivity (Wildman–Crippen MR) is 62.8 cm³/mol. The van der Waals surface area contributed by atoms with E-state index in [1.807, 2.05) is 12.1 Å². The molecule has 1 aliphatic rings. The smallest absolute Gasteiger partial charge is 0.119 e. The third-order valence-corrected chi connectivity index (χ3v) is 3.32. The van der Waals surface area contributed by atoms with Gasteiger partial charge in [0.2, 0.25) is 0 Å². The lowest BCUT2D eigenvalue weighted by Crippen LogP contribution is -2.52. The van der Waals surface area contributed by atoms with E-state index in [2.05, 4.69) is 5.32 Å². The Bertz CT molecular complexity index is 394. The predicted octanol–water partition coefficient (Wildman–Crippen LogP) is 1.17. The van der Waals surface area contributed by atoms with E-state index >= 15 is 0 Å². The number of carboxylic acid groups (broad SMARTS) is 1. The number of benzene rings is 1. The van der Waals surface area contributed by atoms with E-state index in [0.717, 1.165) is 24.3 Å². The minimum atomic E-state index is -1.01. The highest BCUT2D eigenvalue weighted by Gasteiger charge is 2.35. The van der Waals surface area contributed by atoms with Gasteiger partial charge in [-0.3, -0.25) is 0 Å². The zero-order valence-electron chi connectivity index (χ0n) is 9.86. The van der Waals surface area contributed by atoms with Gasteiger partial charge in [0.1, 0.15) is 5.75 Å². The van der Waals surface area contributed by atoms with Gasteiger partial charge in [-0.1, -0.05) is 12.8 Å². The summed E-state index contributed by atoms with van der Waals surface area (Å²) in [4.78, 5) is 11.3. The molecule has 0 spiro atoms. The van der Waals surface area contributed by atoms with Crippen LogP contribution in [0.5, 0.6) is 5.75 Å². The molecule has 0 amide bonds. The summed E-state index contributed by atoms with van der Waals surface area (Å²) in [5.41, 5.74) is -0.105. The Morgan fingerprint density at radius 3 is 2.35 bits per heavy atom. The van der Waals surface area contributed by atoms with Gasteiger partial charge in [0.05, 0.1) is 18.6 Å². The van der Waals surface area contributed by atoms with E-state index in [-0.39, 0.29) is 0 Å². The molecule has 0 aromatic heterocycles. The molecule has 1 fully saturated rings. The molecule has 1 aromatic rings. The van der Waals surface area contributed by atoms with Gasteiger partial charge in [-0.25, -0.2) is 0 Å². The normalized spacial score (nSPS) is 17.7. The molecule has 4 heteroatoms. The average molecular weight is 234 g/mol. The van der Waals surface area contributed by atoms with Crippen molar-refractivity contribution in [1.82, 2.24) is 0 Å². The molecule has 1 aromatic carbocycles. The van der Waals surface area contributed by atoms with E-state index in [1.54, 1.807) is 19.2 Å². The summed E-state index contributed by atoms with van der Waals surface area (Å²) in [5.74, 6) is -0.254. The Kier molecular flexibility index (Phi) is 3.22. The molecule has 0 radical (unpaired) electrons. The molecule has 17 heavy (non-hydrogen) atoms. The number of carbonyl (C=O) groups is 1. The average Bonchev–Trinajstić information content (AvgIpc) is 2.80. The third-order valence-electron chi connectivity index (χ3n) is 3.32. The lowest BCUT2D eigenvalue weighted by molar-refractivity contribution is -0.311. The number of nitrogens with one attached hydrogen (secondary N) is 1. The van der Waals surface area contributed by atoms with Crippen LogP contribution in [0.2, 0.25) is 0 Å². The second-order valence-corrected chi connectivity index (χ2v) is 4.43. The topological polar surface area (TPSA) is 61.4 Å². The van der Waals surface area contributed by atoms with Crippen LogP contribution in [0.3, 0.4) is 0 Å². The fourth-order valence-electron chi connectivity index (χ4n) is 2.31.